The van der Waals surface area contributed by atoms with Gasteiger partial charge in [0.2, 0.25) is 0 Å². The van der Waals surface area contributed by atoms with E-state index in [2.05, 4.69) is 206 Å². The maximum absolute atomic E-state index is 7.22. The number of aromatic nitrogens is 1. The number of thiophene rings is 1. The van der Waals surface area contributed by atoms with E-state index in [0.717, 1.165) is 23.1 Å². The largest absolute Gasteiger partial charge is 0.312 e. The van der Waals surface area contributed by atoms with Crippen LogP contribution in [-0.2, 0) is 11.8 Å². The summed E-state index contributed by atoms with van der Waals surface area (Å²) in [6.45, 7) is 4.66. The Kier molecular flexibility index (Phi) is 8.74. The van der Waals surface area contributed by atoms with Crippen molar-refractivity contribution in [2.75, 3.05) is 0 Å². The number of hydrogen-bond donors (Lipinski definition) is 2. The zero-order valence-corrected chi connectivity index (χ0v) is 34.1. The average molecular weight is 783 g/mol. The molecule has 2 aromatic heterocycles. The van der Waals surface area contributed by atoms with Crippen molar-refractivity contribution >= 4 is 55.6 Å². The Morgan fingerprint density at radius 3 is 2.34 bits per heavy atom. The van der Waals surface area contributed by atoms with Crippen LogP contribution in [0.5, 0.6) is 0 Å². The van der Waals surface area contributed by atoms with Gasteiger partial charge in [-0.15, -0.1) is 11.3 Å². The first kappa shape index (κ1) is 36.0. The van der Waals surface area contributed by atoms with E-state index in [1.807, 2.05) is 11.3 Å². The zero-order chi connectivity index (χ0) is 39.7. The number of allylic oxidation sites excluding steroid dienone is 5. The van der Waals surface area contributed by atoms with Crippen molar-refractivity contribution in [1.82, 2.24) is 9.88 Å². The molecule has 0 saturated carbocycles. The number of nitrogens with zero attached hydrogens (tertiary/aromatic N) is 2. The summed E-state index contributed by atoms with van der Waals surface area (Å²) in [5, 5.41) is 7.54. The van der Waals surface area contributed by atoms with Gasteiger partial charge in [-0.05, 0) is 69.2 Å². The third-order valence-electron chi connectivity index (χ3n) is 13.2. The highest BCUT2D eigenvalue weighted by molar-refractivity contribution is 7.20. The van der Waals surface area contributed by atoms with Crippen LogP contribution in [0.4, 0.5) is 0 Å². The number of nitrogens with two attached hydrogens (primary N) is 1. The van der Waals surface area contributed by atoms with E-state index >= 15 is 0 Å². The van der Waals surface area contributed by atoms with Gasteiger partial charge in [-0.3, -0.25) is 14.9 Å². The van der Waals surface area contributed by atoms with Crippen LogP contribution in [0.25, 0.3) is 49.1 Å². The van der Waals surface area contributed by atoms with E-state index in [4.69, 9.17) is 10.7 Å². The van der Waals surface area contributed by atoms with Gasteiger partial charge in [0.25, 0.3) is 0 Å². The summed E-state index contributed by atoms with van der Waals surface area (Å²) in [5.41, 5.74) is 19.2. The topological polar surface area (TPSA) is 55.3 Å². The van der Waals surface area contributed by atoms with Gasteiger partial charge < -0.3 is 5.73 Å². The Hall–Kier alpha value is -6.11. The average Bonchev–Trinajstić information content (AvgIpc) is 3.92. The molecule has 6 aromatic carbocycles. The molecule has 0 bridgehead atoms. The van der Waals surface area contributed by atoms with Crippen LogP contribution in [0.3, 0.4) is 0 Å². The van der Waals surface area contributed by atoms with E-state index in [0.29, 0.717) is 11.8 Å². The van der Waals surface area contributed by atoms with Gasteiger partial charge in [0.05, 0.1) is 29.0 Å². The molecule has 0 fully saturated rings. The minimum Gasteiger partial charge on any atom is -0.312 e. The fraction of sp³-hybridized carbons (Fsp3) is 0.167. The van der Waals surface area contributed by atoms with Crippen LogP contribution in [0.1, 0.15) is 64.4 Å². The van der Waals surface area contributed by atoms with E-state index < -0.39 is 17.7 Å². The van der Waals surface area contributed by atoms with Crippen LogP contribution in [-0.4, -0.2) is 10.9 Å². The molecule has 0 radical (unpaired) electrons. The Bertz CT molecular complexity index is 3020. The molecule has 5 heteroatoms. The standard InChI is InChI=1S/C54H46N4S/c1-34-28-31-48-44(32-34)42-23-15-24-43(51(42)59-48)52(55)57-53(36-17-5-3-6-18-36)56-33-58-47-27-14-11-22-39(47)41-30-29-40-38-21-10-13-26-46(38)54(49(40)50(41)58,37-19-7-4-8-20-37)45-25-12-9-16-35(45)2/h3-31,33-35,45,52-53,57H,32,55H2,1-2H3. The third-order valence-corrected chi connectivity index (χ3v) is 14.4. The summed E-state index contributed by atoms with van der Waals surface area (Å²) in [4.78, 5) is 6.84. The van der Waals surface area contributed by atoms with Gasteiger partial charge in [-0.1, -0.05) is 178 Å². The van der Waals surface area contributed by atoms with Gasteiger partial charge in [-0.25, -0.2) is 0 Å². The van der Waals surface area contributed by atoms with Crippen LogP contribution in [0.15, 0.2) is 175 Å². The second-order valence-electron chi connectivity index (χ2n) is 16.6. The molecule has 0 spiro atoms. The van der Waals surface area contributed by atoms with E-state index in [1.54, 1.807) is 0 Å². The lowest BCUT2D eigenvalue weighted by Crippen LogP contribution is -2.39. The zero-order valence-electron chi connectivity index (χ0n) is 33.3. The molecule has 6 unspecified atom stereocenters. The molecule has 3 aliphatic carbocycles. The molecule has 2 heterocycles. The van der Waals surface area contributed by atoms with Crippen molar-refractivity contribution in [3.63, 3.8) is 0 Å². The number of aliphatic imine (C=N–C) groups is 1. The minimum absolute atomic E-state index is 0.173. The SMILES string of the molecule is CC1C=Cc2sc3c(C(N)NC(N=Cn4c5ccccc5c5ccc6c(c54)C(c4ccccc4)(C4C=CC=CC4C)c4ccccc4-6)c4ccccc4)cccc3c2C1. The first-order valence-electron chi connectivity index (χ1n) is 20.9. The second-order valence-corrected chi connectivity index (χ2v) is 17.6. The summed E-state index contributed by atoms with van der Waals surface area (Å²) in [6.07, 6.45) is 16.2. The fourth-order valence-corrected chi connectivity index (χ4v) is 11.8. The monoisotopic (exact) mass is 782 g/mol. The summed E-state index contributed by atoms with van der Waals surface area (Å²) in [5.74, 6) is 1.00. The summed E-state index contributed by atoms with van der Waals surface area (Å²) >= 11 is 1.85. The van der Waals surface area contributed by atoms with Crippen molar-refractivity contribution in [2.45, 2.75) is 38.0 Å². The number of benzene rings is 6. The molecule has 4 nitrogen and oxygen atoms in total. The molecule has 3 N–H and O–H groups in total. The summed E-state index contributed by atoms with van der Waals surface area (Å²) in [6, 6.07) is 50.9. The summed E-state index contributed by atoms with van der Waals surface area (Å²) in [7, 11) is 0. The highest BCUT2D eigenvalue weighted by atomic mass is 32.1. The van der Waals surface area contributed by atoms with E-state index in [-0.39, 0.29) is 5.92 Å². The molecule has 3 aliphatic rings. The maximum atomic E-state index is 7.22. The predicted molar refractivity (Wildman–Crippen MR) is 249 cm³/mol. The number of para-hydroxylation sites is 1. The quantitative estimate of drug-likeness (QED) is 0.0916. The molecule has 0 saturated heterocycles. The number of nitrogens with one attached hydrogen (secondary N) is 1. The van der Waals surface area contributed by atoms with Gasteiger partial charge in [0, 0.05) is 37.4 Å². The molecule has 59 heavy (non-hydrogen) atoms. The number of rotatable bonds is 8. The lowest BCUT2D eigenvalue weighted by Gasteiger charge is -2.42. The second kappa shape index (κ2) is 14.3. The molecule has 11 rings (SSSR count). The minimum atomic E-state index is -0.460. The van der Waals surface area contributed by atoms with Crippen molar-refractivity contribution in [3.8, 4) is 11.1 Å². The smallest absolute Gasteiger partial charge is 0.128 e. The highest BCUT2D eigenvalue weighted by Gasteiger charge is 2.52. The first-order chi connectivity index (χ1) is 29.0. The maximum Gasteiger partial charge on any atom is 0.128 e. The van der Waals surface area contributed by atoms with Gasteiger partial charge >= 0.3 is 0 Å². The normalized spacial score (nSPS) is 21.6. The van der Waals surface area contributed by atoms with Crippen molar-refractivity contribution in [3.05, 3.63) is 208 Å². The molecule has 0 aliphatic heterocycles. The van der Waals surface area contributed by atoms with Crippen molar-refractivity contribution < 1.29 is 0 Å². The Morgan fingerprint density at radius 2 is 1.49 bits per heavy atom. The highest BCUT2D eigenvalue weighted by Crippen LogP contribution is 2.61. The first-order valence-corrected chi connectivity index (χ1v) is 21.7. The van der Waals surface area contributed by atoms with E-state index in [9.17, 15) is 0 Å². The summed E-state index contributed by atoms with van der Waals surface area (Å²) < 4.78 is 3.62. The molecule has 6 atom stereocenters. The van der Waals surface area contributed by atoms with Crippen LogP contribution < -0.4 is 11.1 Å². The van der Waals surface area contributed by atoms with Gasteiger partial charge in [-0.2, -0.15) is 0 Å². The van der Waals surface area contributed by atoms with Crippen molar-refractivity contribution in [1.29, 1.82) is 0 Å². The Morgan fingerprint density at radius 1 is 0.746 bits per heavy atom. The van der Waals surface area contributed by atoms with E-state index in [1.165, 1.54) is 64.6 Å². The van der Waals surface area contributed by atoms with Crippen LogP contribution in [0.2, 0.25) is 0 Å². The molecular formula is C54H46N4S. The third kappa shape index (κ3) is 5.60. The Labute approximate surface area is 349 Å². The lowest BCUT2D eigenvalue weighted by atomic mass is 9.59. The Balaban J connectivity index is 1.12. The lowest BCUT2D eigenvalue weighted by molar-refractivity contribution is 0.376. The molecule has 0 amide bonds. The van der Waals surface area contributed by atoms with Crippen LogP contribution in [0, 0.1) is 17.8 Å². The van der Waals surface area contributed by atoms with Crippen molar-refractivity contribution in [2.24, 2.45) is 28.5 Å². The molecule has 8 aromatic rings. The number of hydrogen-bond acceptors (Lipinski definition) is 4. The number of fused-ring (bicyclic) bond motifs is 10. The fourth-order valence-electron chi connectivity index (χ4n) is 10.5. The molecule has 288 valence electrons. The van der Waals surface area contributed by atoms with Gasteiger partial charge in [0.1, 0.15) is 6.17 Å². The van der Waals surface area contributed by atoms with Crippen LogP contribution >= 0.6 is 11.3 Å². The van der Waals surface area contributed by atoms with Gasteiger partial charge in [0.15, 0.2) is 0 Å². The predicted octanol–water partition coefficient (Wildman–Crippen LogP) is 12.7. The molecular weight excluding hydrogens is 737 g/mol.